The van der Waals surface area contributed by atoms with Crippen LogP contribution in [0.5, 0.6) is 0 Å². The van der Waals surface area contributed by atoms with Gasteiger partial charge in [0.1, 0.15) is 0 Å². The summed E-state index contributed by atoms with van der Waals surface area (Å²) in [6.07, 6.45) is 4.72. The lowest BCUT2D eigenvalue weighted by Crippen LogP contribution is -2.08. The van der Waals surface area contributed by atoms with Crippen molar-refractivity contribution < 1.29 is 5.11 Å². The summed E-state index contributed by atoms with van der Waals surface area (Å²) in [5, 5.41) is 12.3. The number of aliphatic hydroxyl groups is 1. The number of hydrogen-bond donors (Lipinski definition) is 1. The van der Waals surface area contributed by atoms with E-state index in [1.54, 1.807) is 11.3 Å². The lowest BCUT2D eigenvalue weighted by atomic mass is 9.95. The maximum Gasteiger partial charge on any atom is 0.193 e. The van der Waals surface area contributed by atoms with Crippen LogP contribution in [0.1, 0.15) is 17.2 Å². The van der Waals surface area contributed by atoms with Gasteiger partial charge < -0.3 is 5.11 Å². The van der Waals surface area contributed by atoms with E-state index in [1.165, 1.54) is 0 Å². The van der Waals surface area contributed by atoms with Crippen LogP contribution in [0.25, 0.3) is 4.96 Å². The third-order valence-corrected chi connectivity index (χ3v) is 4.14. The summed E-state index contributed by atoms with van der Waals surface area (Å²) in [5.74, 6) is 0.0308. The molecule has 3 nitrogen and oxygen atoms in total. The molecule has 0 amide bonds. The second kappa shape index (κ2) is 5.33. The average Bonchev–Trinajstić information content (AvgIpc) is 2.96. The fourth-order valence-corrected chi connectivity index (χ4v) is 3.09. The van der Waals surface area contributed by atoms with Gasteiger partial charge in [0.25, 0.3) is 0 Å². The van der Waals surface area contributed by atoms with Gasteiger partial charge in [0, 0.05) is 35.1 Å². The highest BCUT2D eigenvalue weighted by Gasteiger charge is 2.14. The molecule has 2 heterocycles. The number of thiazole rings is 1. The molecule has 3 rings (SSSR count). The minimum absolute atomic E-state index is 0.0308. The topological polar surface area (TPSA) is 37.5 Å². The normalized spacial score (nSPS) is 12.9. The molecule has 0 spiro atoms. The molecule has 1 N–H and O–H groups in total. The number of rotatable bonds is 4. The quantitative estimate of drug-likeness (QED) is 0.800. The van der Waals surface area contributed by atoms with Crippen molar-refractivity contribution in [3.05, 3.63) is 58.3 Å². The number of benzene rings is 1. The van der Waals surface area contributed by atoms with Crippen LogP contribution < -0.4 is 0 Å². The van der Waals surface area contributed by atoms with Gasteiger partial charge in [-0.3, -0.25) is 4.40 Å². The predicted molar refractivity (Wildman–Crippen MR) is 78.1 cm³/mol. The van der Waals surface area contributed by atoms with Crippen LogP contribution in [0.4, 0.5) is 0 Å². The SMILES string of the molecule is OCC(Cc1cn2ccsc2n1)c1cccc(Cl)c1. The fourth-order valence-electron chi connectivity index (χ4n) is 2.18. The molecule has 5 heteroatoms. The number of imidazole rings is 1. The van der Waals surface area contributed by atoms with Crippen LogP contribution in [-0.4, -0.2) is 21.1 Å². The second-order valence-corrected chi connectivity index (χ2v) is 5.77. The minimum Gasteiger partial charge on any atom is -0.396 e. The standard InChI is InChI=1S/C14H13ClN2OS/c15-12-3-1-2-10(6-12)11(9-18)7-13-8-17-4-5-19-14(17)16-13/h1-6,8,11,18H,7,9H2. The summed E-state index contributed by atoms with van der Waals surface area (Å²) in [6, 6.07) is 7.64. The highest BCUT2D eigenvalue weighted by molar-refractivity contribution is 7.15. The molecule has 3 aromatic rings. The Labute approximate surface area is 120 Å². The molecular formula is C14H13ClN2OS. The van der Waals surface area contributed by atoms with Crippen molar-refractivity contribution >= 4 is 27.9 Å². The first-order valence-electron chi connectivity index (χ1n) is 6.03. The van der Waals surface area contributed by atoms with E-state index in [0.717, 1.165) is 16.2 Å². The van der Waals surface area contributed by atoms with Crippen molar-refractivity contribution in [2.45, 2.75) is 12.3 Å². The maximum atomic E-state index is 9.58. The first-order chi connectivity index (χ1) is 9.26. The minimum atomic E-state index is 0.0308. The van der Waals surface area contributed by atoms with E-state index in [0.29, 0.717) is 11.4 Å². The lowest BCUT2D eigenvalue weighted by molar-refractivity contribution is 0.264. The molecule has 1 atom stereocenters. The Morgan fingerprint density at radius 1 is 1.42 bits per heavy atom. The number of halogens is 1. The monoisotopic (exact) mass is 292 g/mol. The van der Waals surface area contributed by atoms with Crippen molar-refractivity contribution in [2.24, 2.45) is 0 Å². The van der Waals surface area contributed by atoms with Crippen molar-refractivity contribution in [3.8, 4) is 0 Å². The van der Waals surface area contributed by atoms with Crippen LogP contribution in [0, 0.1) is 0 Å². The van der Waals surface area contributed by atoms with Gasteiger partial charge in [-0.15, -0.1) is 11.3 Å². The van der Waals surface area contributed by atoms with E-state index >= 15 is 0 Å². The maximum absolute atomic E-state index is 9.58. The molecule has 0 aliphatic heterocycles. The molecule has 1 aromatic carbocycles. The van der Waals surface area contributed by atoms with E-state index in [2.05, 4.69) is 4.98 Å². The van der Waals surface area contributed by atoms with Gasteiger partial charge in [-0.1, -0.05) is 23.7 Å². The van der Waals surface area contributed by atoms with Crippen molar-refractivity contribution in [1.82, 2.24) is 9.38 Å². The van der Waals surface area contributed by atoms with Gasteiger partial charge in [-0.25, -0.2) is 4.98 Å². The highest BCUT2D eigenvalue weighted by Crippen LogP contribution is 2.23. The van der Waals surface area contributed by atoms with Gasteiger partial charge in [0.05, 0.1) is 12.3 Å². The molecule has 0 radical (unpaired) electrons. The number of nitrogens with zero attached hydrogens (tertiary/aromatic N) is 2. The van der Waals surface area contributed by atoms with Crippen LogP contribution in [0.15, 0.2) is 42.0 Å². The second-order valence-electron chi connectivity index (χ2n) is 4.46. The average molecular weight is 293 g/mol. The Hall–Kier alpha value is -1.36. The third kappa shape index (κ3) is 2.66. The molecular weight excluding hydrogens is 280 g/mol. The predicted octanol–water partition coefficient (Wildman–Crippen LogP) is 3.37. The van der Waals surface area contributed by atoms with E-state index in [4.69, 9.17) is 11.6 Å². The Kier molecular flexibility index (Phi) is 3.55. The molecule has 98 valence electrons. The molecule has 0 aliphatic carbocycles. The summed E-state index contributed by atoms with van der Waals surface area (Å²) < 4.78 is 2.01. The molecule has 0 bridgehead atoms. The number of hydrogen-bond acceptors (Lipinski definition) is 3. The number of aromatic nitrogens is 2. The molecule has 0 saturated heterocycles. The summed E-state index contributed by atoms with van der Waals surface area (Å²) in [7, 11) is 0. The molecule has 0 fully saturated rings. The van der Waals surface area contributed by atoms with Crippen LogP contribution in [0.3, 0.4) is 0 Å². The van der Waals surface area contributed by atoms with Gasteiger partial charge >= 0.3 is 0 Å². The van der Waals surface area contributed by atoms with Gasteiger partial charge in [-0.2, -0.15) is 0 Å². The van der Waals surface area contributed by atoms with E-state index in [-0.39, 0.29) is 12.5 Å². The summed E-state index contributed by atoms with van der Waals surface area (Å²) in [5.41, 5.74) is 2.04. The summed E-state index contributed by atoms with van der Waals surface area (Å²) in [6.45, 7) is 0.0888. The largest absolute Gasteiger partial charge is 0.396 e. The zero-order chi connectivity index (χ0) is 13.2. The Bertz CT molecular complexity index is 663. The Morgan fingerprint density at radius 2 is 2.32 bits per heavy atom. The van der Waals surface area contributed by atoms with E-state index in [9.17, 15) is 5.11 Å². The molecule has 0 aliphatic rings. The summed E-state index contributed by atoms with van der Waals surface area (Å²) >= 11 is 7.61. The first kappa shape index (κ1) is 12.7. The van der Waals surface area contributed by atoms with Crippen molar-refractivity contribution in [1.29, 1.82) is 0 Å². The van der Waals surface area contributed by atoms with E-state index in [1.807, 2.05) is 46.4 Å². The van der Waals surface area contributed by atoms with Crippen molar-refractivity contribution in [3.63, 3.8) is 0 Å². The highest BCUT2D eigenvalue weighted by atomic mass is 35.5. The zero-order valence-electron chi connectivity index (χ0n) is 10.2. The fraction of sp³-hybridized carbons (Fsp3) is 0.214. The Balaban J connectivity index is 1.85. The van der Waals surface area contributed by atoms with E-state index < -0.39 is 0 Å². The number of aliphatic hydroxyl groups excluding tert-OH is 1. The van der Waals surface area contributed by atoms with Crippen LogP contribution in [0.2, 0.25) is 5.02 Å². The van der Waals surface area contributed by atoms with Crippen LogP contribution in [-0.2, 0) is 6.42 Å². The molecule has 1 unspecified atom stereocenters. The van der Waals surface area contributed by atoms with Crippen LogP contribution >= 0.6 is 22.9 Å². The van der Waals surface area contributed by atoms with Gasteiger partial charge in [0.2, 0.25) is 0 Å². The van der Waals surface area contributed by atoms with Crippen molar-refractivity contribution in [2.75, 3.05) is 6.61 Å². The number of fused-ring (bicyclic) bond motifs is 1. The zero-order valence-corrected chi connectivity index (χ0v) is 11.7. The Morgan fingerprint density at radius 3 is 3.05 bits per heavy atom. The third-order valence-electron chi connectivity index (χ3n) is 3.14. The smallest absolute Gasteiger partial charge is 0.193 e. The van der Waals surface area contributed by atoms with Gasteiger partial charge in [0.15, 0.2) is 4.96 Å². The molecule has 0 saturated carbocycles. The first-order valence-corrected chi connectivity index (χ1v) is 7.29. The summed E-state index contributed by atoms with van der Waals surface area (Å²) in [4.78, 5) is 5.53. The molecule has 2 aromatic heterocycles. The van der Waals surface area contributed by atoms with Gasteiger partial charge in [-0.05, 0) is 17.7 Å². The lowest BCUT2D eigenvalue weighted by Gasteiger charge is -2.13. The molecule has 19 heavy (non-hydrogen) atoms.